The average Bonchev–Trinajstić information content (AvgIpc) is 3.40. The Morgan fingerprint density at radius 2 is 1.61 bits per heavy atom. The van der Waals surface area contributed by atoms with Crippen LogP contribution in [0.2, 0.25) is 0 Å². The molecule has 190 valence electrons. The smallest absolute Gasteiger partial charge is 0.339 e. The molecule has 38 heavy (non-hydrogen) atoms. The lowest BCUT2D eigenvalue weighted by Crippen LogP contribution is -2.41. The average molecular weight is 505 g/mol. The quantitative estimate of drug-likeness (QED) is 0.254. The molecule has 1 saturated heterocycles. The highest BCUT2D eigenvalue weighted by molar-refractivity contribution is 6.10. The number of carbonyl (C=O) groups excluding carboxylic acids is 2. The maximum atomic E-state index is 13.2. The summed E-state index contributed by atoms with van der Waals surface area (Å²) in [5, 5.41) is 1.56. The topological polar surface area (TPSA) is 72.6 Å². The second kappa shape index (κ2) is 10.5. The second-order valence-corrected chi connectivity index (χ2v) is 9.79. The van der Waals surface area contributed by atoms with Gasteiger partial charge in [-0.05, 0) is 60.4 Å². The molecule has 1 fully saturated rings. The molecule has 6 nitrogen and oxygen atoms in total. The lowest BCUT2D eigenvalue weighted by atomic mass is 9.90. The highest BCUT2D eigenvalue weighted by Gasteiger charge is 2.25. The summed E-state index contributed by atoms with van der Waals surface area (Å²) in [6.07, 6.45) is 2.93. The molecule has 0 saturated carbocycles. The SMILES string of the molecule is O=C(OCC(=O)N1CCC(Cc2ccccc2)CC1)c1cccc2cccc(-c3nc4ccccc4o3)c12. The van der Waals surface area contributed by atoms with E-state index < -0.39 is 5.97 Å². The van der Waals surface area contributed by atoms with E-state index in [-0.39, 0.29) is 12.5 Å². The molecular weight excluding hydrogens is 476 g/mol. The molecule has 1 aromatic heterocycles. The van der Waals surface area contributed by atoms with Gasteiger partial charge in [0.05, 0.1) is 5.56 Å². The number of benzene rings is 4. The van der Waals surface area contributed by atoms with Crippen molar-refractivity contribution in [1.29, 1.82) is 0 Å². The minimum atomic E-state index is -0.536. The number of oxazole rings is 1. The zero-order valence-electron chi connectivity index (χ0n) is 21.0. The van der Waals surface area contributed by atoms with E-state index >= 15 is 0 Å². The molecule has 0 atom stereocenters. The molecule has 0 radical (unpaired) electrons. The van der Waals surface area contributed by atoms with E-state index in [1.807, 2.05) is 65.6 Å². The summed E-state index contributed by atoms with van der Waals surface area (Å²) >= 11 is 0. The monoisotopic (exact) mass is 504 g/mol. The van der Waals surface area contributed by atoms with Crippen molar-refractivity contribution >= 4 is 33.7 Å². The summed E-state index contributed by atoms with van der Waals surface area (Å²) in [6.45, 7) is 1.09. The molecule has 0 spiro atoms. The molecule has 4 aromatic carbocycles. The third kappa shape index (κ3) is 4.90. The van der Waals surface area contributed by atoms with E-state index in [1.54, 1.807) is 6.07 Å². The Kier molecular flexibility index (Phi) is 6.61. The number of fused-ring (bicyclic) bond motifs is 2. The molecule has 2 heterocycles. The van der Waals surface area contributed by atoms with E-state index in [4.69, 9.17) is 9.15 Å². The molecular formula is C32H28N2O4. The third-order valence-corrected chi connectivity index (χ3v) is 7.31. The molecule has 1 aliphatic rings. The molecule has 0 unspecified atom stereocenters. The number of esters is 1. The number of carbonyl (C=O) groups is 2. The number of likely N-dealkylation sites (tertiary alicyclic amines) is 1. The number of para-hydroxylation sites is 2. The summed E-state index contributed by atoms with van der Waals surface area (Å²) in [6, 6.07) is 29.2. The first-order valence-corrected chi connectivity index (χ1v) is 13.0. The lowest BCUT2D eigenvalue weighted by Gasteiger charge is -2.32. The van der Waals surface area contributed by atoms with Crippen molar-refractivity contribution in [3.05, 3.63) is 102 Å². The van der Waals surface area contributed by atoms with Gasteiger partial charge in [-0.3, -0.25) is 4.79 Å². The standard InChI is InChI=1S/C32H28N2O4/c35-29(34-18-16-23(17-19-34)20-22-8-2-1-3-9-22)21-37-32(36)26-13-7-11-24-10-6-12-25(30(24)26)31-33-27-14-4-5-15-28(27)38-31/h1-15,23H,16-21H2. The Morgan fingerprint density at radius 1 is 0.868 bits per heavy atom. The van der Waals surface area contributed by atoms with E-state index in [0.717, 1.165) is 30.2 Å². The Labute approximate surface area is 220 Å². The fourth-order valence-corrected chi connectivity index (χ4v) is 5.31. The number of aromatic nitrogens is 1. The van der Waals surface area contributed by atoms with Gasteiger partial charge in [-0.2, -0.15) is 0 Å². The molecule has 6 heteroatoms. The van der Waals surface area contributed by atoms with Gasteiger partial charge < -0.3 is 14.1 Å². The minimum Gasteiger partial charge on any atom is -0.452 e. The summed E-state index contributed by atoms with van der Waals surface area (Å²) in [5.74, 6) is 0.305. The van der Waals surface area contributed by atoms with Crippen molar-refractivity contribution in [2.75, 3.05) is 19.7 Å². The fourth-order valence-electron chi connectivity index (χ4n) is 5.31. The predicted molar refractivity (Wildman–Crippen MR) is 147 cm³/mol. The van der Waals surface area contributed by atoms with Crippen LogP contribution in [0.1, 0.15) is 28.8 Å². The van der Waals surface area contributed by atoms with Gasteiger partial charge in [0.15, 0.2) is 12.2 Å². The highest BCUT2D eigenvalue weighted by Crippen LogP contribution is 2.33. The highest BCUT2D eigenvalue weighted by atomic mass is 16.5. The van der Waals surface area contributed by atoms with Crippen LogP contribution in [0, 0.1) is 5.92 Å². The maximum absolute atomic E-state index is 13.2. The number of rotatable bonds is 6. The van der Waals surface area contributed by atoms with Gasteiger partial charge in [-0.1, -0.05) is 66.7 Å². The molecule has 1 amide bonds. The van der Waals surface area contributed by atoms with Crippen LogP contribution in [0.25, 0.3) is 33.3 Å². The van der Waals surface area contributed by atoms with E-state index in [1.165, 1.54) is 5.56 Å². The summed E-state index contributed by atoms with van der Waals surface area (Å²) in [5.41, 5.74) is 3.85. The van der Waals surface area contributed by atoms with E-state index in [0.29, 0.717) is 47.0 Å². The molecule has 5 aromatic rings. The van der Waals surface area contributed by atoms with Crippen molar-refractivity contribution in [2.45, 2.75) is 19.3 Å². The first-order chi connectivity index (χ1) is 18.7. The number of amides is 1. The zero-order chi connectivity index (χ0) is 25.9. The Hall–Kier alpha value is -4.45. The fraction of sp³-hybridized carbons (Fsp3) is 0.219. The molecule has 0 N–H and O–H groups in total. The van der Waals surface area contributed by atoms with Gasteiger partial charge >= 0.3 is 5.97 Å². The van der Waals surface area contributed by atoms with Gasteiger partial charge in [-0.25, -0.2) is 9.78 Å². The van der Waals surface area contributed by atoms with Crippen LogP contribution >= 0.6 is 0 Å². The first kappa shape index (κ1) is 23.9. The predicted octanol–water partition coefficient (Wildman–Crippen LogP) is 6.29. The Morgan fingerprint density at radius 3 is 2.39 bits per heavy atom. The Bertz CT molecular complexity index is 1560. The molecule has 0 bridgehead atoms. The van der Waals surface area contributed by atoms with E-state index in [9.17, 15) is 9.59 Å². The normalized spacial score (nSPS) is 14.2. The van der Waals surface area contributed by atoms with Crippen molar-refractivity contribution in [2.24, 2.45) is 5.92 Å². The Balaban J connectivity index is 1.14. The van der Waals surface area contributed by atoms with Gasteiger partial charge in [0, 0.05) is 24.0 Å². The molecule has 0 aliphatic carbocycles. The number of hydrogen-bond acceptors (Lipinski definition) is 5. The van der Waals surface area contributed by atoms with Crippen molar-refractivity contribution in [1.82, 2.24) is 9.88 Å². The van der Waals surface area contributed by atoms with Gasteiger partial charge in [-0.15, -0.1) is 0 Å². The number of ether oxygens (including phenoxy) is 1. The minimum absolute atomic E-state index is 0.157. The van der Waals surface area contributed by atoms with E-state index in [2.05, 4.69) is 29.2 Å². The van der Waals surface area contributed by atoms with Crippen LogP contribution < -0.4 is 0 Å². The van der Waals surface area contributed by atoms with Gasteiger partial charge in [0.2, 0.25) is 5.89 Å². The van der Waals surface area contributed by atoms with Crippen molar-refractivity contribution < 1.29 is 18.7 Å². The first-order valence-electron chi connectivity index (χ1n) is 13.0. The largest absolute Gasteiger partial charge is 0.452 e. The molecule has 6 rings (SSSR count). The summed E-state index contributed by atoms with van der Waals surface area (Å²) in [4.78, 5) is 32.5. The number of hydrogen-bond donors (Lipinski definition) is 0. The second-order valence-electron chi connectivity index (χ2n) is 9.79. The zero-order valence-corrected chi connectivity index (χ0v) is 21.0. The lowest BCUT2D eigenvalue weighted by molar-refractivity contribution is -0.135. The third-order valence-electron chi connectivity index (χ3n) is 7.31. The maximum Gasteiger partial charge on any atom is 0.339 e. The summed E-state index contributed by atoms with van der Waals surface area (Å²) in [7, 11) is 0. The van der Waals surface area contributed by atoms with Gasteiger partial charge in [0.25, 0.3) is 5.91 Å². The van der Waals surface area contributed by atoms with Crippen LogP contribution in [0.4, 0.5) is 0 Å². The van der Waals surface area contributed by atoms with Crippen molar-refractivity contribution in [3.8, 4) is 11.5 Å². The number of nitrogens with zero attached hydrogens (tertiary/aromatic N) is 2. The van der Waals surface area contributed by atoms with Crippen LogP contribution in [0.15, 0.2) is 95.4 Å². The van der Waals surface area contributed by atoms with Crippen LogP contribution in [0.3, 0.4) is 0 Å². The number of piperidine rings is 1. The summed E-state index contributed by atoms with van der Waals surface area (Å²) < 4.78 is 11.5. The van der Waals surface area contributed by atoms with Crippen LogP contribution in [0.5, 0.6) is 0 Å². The van der Waals surface area contributed by atoms with Crippen LogP contribution in [-0.4, -0.2) is 41.5 Å². The van der Waals surface area contributed by atoms with Crippen molar-refractivity contribution in [3.63, 3.8) is 0 Å². The molecule has 1 aliphatic heterocycles. The van der Waals surface area contributed by atoms with Crippen LogP contribution in [-0.2, 0) is 16.0 Å². The van der Waals surface area contributed by atoms with Gasteiger partial charge in [0.1, 0.15) is 5.52 Å².